The molecule has 1 aromatic heterocycles. The quantitative estimate of drug-likeness (QED) is 0.504. The van der Waals surface area contributed by atoms with Gasteiger partial charge in [-0.15, -0.1) is 0 Å². The topological polar surface area (TPSA) is 28.7 Å². The van der Waals surface area contributed by atoms with Crippen LogP contribution in [0.2, 0.25) is 15.1 Å². The molecule has 0 unspecified atom stereocenters. The van der Waals surface area contributed by atoms with Crippen molar-refractivity contribution in [1.82, 2.24) is 9.97 Å². The van der Waals surface area contributed by atoms with Crippen LogP contribution in [0.15, 0.2) is 9.21 Å². The number of fused-ring (bicyclic) bond motifs is 1. The molecule has 1 aromatic carbocycles. The number of hydrogen-bond acceptors (Lipinski definition) is 1. The number of aromatic amines is 1. The van der Waals surface area contributed by atoms with Crippen molar-refractivity contribution < 1.29 is 0 Å². The highest BCUT2D eigenvalue weighted by molar-refractivity contribution is 9.10. The van der Waals surface area contributed by atoms with E-state index in [1.165, 1.54) is 0 Å². The van der Waals surface area contributed by atoms with Crippen LogP contribution in [0.3, 0.4) is 0 Å². The lowest BCUT2D eigenvalue weighted by atomic mass is 10.3. The maximum Gasteiger partial charge on any atom is 0.175 e. The Morgan fingerprint density at radius 3 is 2.29 bits per heavy atom. The van der Waals surface area contributed by atoms with E-state index in [9.17, 15) is 0 Å². The Morgan fingerprint density at radius 2 is 1.64 bits per heavy atom. The van der Waals surface area contributed by atoms with Crippen LogP contribution in [-0.4, -0.2) is 9.97 Å². The highest BCUT2D eigenvalue weighted by Crippen LogP contribution is 2.42. The largest absolute Gasteiger partial charge is 0.331 e. The van der Waals surface area contributed by atoms with Crippen molar-refractivity contribution in [3.63, 3.8) is 0 Å². The normalized spacial score (nSPS) is 11.2. The van der Waals surface area contributed by atoms with Gasteiger partial charge in [0.1, 0.15) is 5.52 Å². The van der Waals surface area contributed by atoms with Crippen LogP contribution in [0.25, 0.3) is 11.0 Å². The molecule has 14 heavy (non-hydrogen) atoms. The van der Waals surface area contributed by atoms with E-state index in [4.69, 9.17) is 34.8 Å². The van der Waals surface area contributed by atoms with E-state index in [0.29, 0.717) is 35.3 Å². The van der Waals surface area contributed by atoms with E-state index in [1.807, 2.05) is 0 Å². The summed E-state index contributed by atoms with van der Waals surface area (Å²) >= 11 is 24.4. The molecular formula is C7HBr2Cl3N2. The third kappa shape index (κ3) is 1.57. The molecule has 1 N–H and O–H groups in total. The van der Waals surface area contributed by atoms with Crippen LogP contribution in [0.4, 0.5) is 0 Å². The Bertz CT molecular complexity index is 478. The minimum Gasteiger partial charge on any atom is -0.331 e. The second kappa shape index (κ2) is 3.83. The van der Waals surface area contributed by atoms with E-state index in [2.05, 4.69) is 41.8 Å². The number of nitrogens with zero attached hydrogens (tertiary/aromatic N) is 1. The van der Waals surface area contributed by atoms with Gasteiger partial charge in [-0.1, -0.05) is 34.8 Å². The molecule has 7 heteroatoms. The van der Waals surface area contributed by atoms with Crippen molar-refractivity contribution in [3.8, 4) is 0 Å². The standard InChI is InChI=1S/C7HBr2Cl3N2/c8-1-2(10)4(12)6-5(3(1)11)13-7(9)14-6/h(H,13,14). The molecular weight excluding hydrogens is 378 g/mol. The van der Waals surface area contributed by atoms with Gasteiger partial charge in [0.05, 0.1) is 25.1 Å². The highest BCUT2D eigenvalue weighted by atomic mass is 79.9. The van der Waals surface area contributed by atoms with Gasteiger partial charge in [0, 0.05) is 0 Å². The number of hydrogen-bond donors (Lipinski definition) is 1. The number of rotatable bonds is 0. The van der Waals surface area contributed by atoms with Crippen LogP contribution in [0.5, 0.6) is 0 Å². The molecule has 2 nitrogen and oxygen atoms in total. The minimum absolute atomic E-state index is 0.375. The summed E-state index contributed by atoms with van der Waals surface area (Å²) < 4.78 is 1.11. The number of benzene rings is 1. The molecule has 0 spiro atoms. The SMILES string of the molecule is Clc1c(Br)c(Cl)c2nc(Br)[nH]c2c1Cl. The Labute approximate surface area is 111 Å². The van der Waals surface area contributed by atoms with Crippen LogP contribution in [-0.2, 0) is 0 Å². The van der Waals surface area contributed by atoms with Crippen molar-refractivity contribution in [1.29, 1.82) is 0 Å². The molecule has 0 aliphatic carbocycles. The molecule has 0 saturated heterocycles. The lowest BCUT2D eigenvalue weighted by Crippen LogP contribution is -1.79. The molecule has 0 aliphatic heterocycles. The first kappa shape index (κ1) is 11.0. The number of H-pyrrole nitrogens is 1. The molecule has 2 rings (SSSR count). The van der Waals surface area contributed by atoms with Gasteiger partial charge in [-0.2, -0.15) is 0 Å². The van der Waals surface area contributed by atoms with Crippen molar-refractivity contribution >= 4 is 77.7 Å². The molecule has 74 valence electrons. The van der Waals surface area contributed by atoms with Gasteiger partial charge in [0.25, 0.3) is 0 Å². The first-order valence-corrected chi connectivity index (χ1v) is 6.11. The maximum atomic E-state index is 6.02. The number of nitrogens with one attached hydrogen (secondary N) is 1. The van der Waals surface area contributed by atoms with Crippen molar-refractivity contribution in [2.75, 3.05) is 0 Å². The van der Waals surface area contributed by atoms with Gasteiger partial charge in [0.2, 0.25) is 0 Å². The number of aromatic nitrogens is 2. The van der Waals surface area contributed by atoms with E-state index in [1.54, 1.807) is 0 Å². The second-order valence-corrected chi connectivity index (χ2v) is 5.19. The summed E-state index contributed by atoms with van der Waals surface area (Å²) in [6.07, 6.45) is 0. The van der Waals surface area contributed by atoms with Crippen molar-refractivity contribution in [2.45, 2.75) is 0 Å². The Morgan fingerprint density at radius 1 is 1.00 bits per heavy atom. The third-order valence-electron chi connectivity index (χ3n) is 1.68. The van der Waals surface area contributed by atoms with Gasteiger partial charge in [-0.25, -0.2) is 4.98 Å². The zero-order valence-corrected chi connectivity index (χ0v) is 11.8. The maximum absolute atomic E-state index is 6.02. The molecule has 0 aliphatic rings. The van der Waals surface area contributed by atoms with Crippen molar-refractivity contribution in [3.05, 3.63) is 24.3 Å². The summed E-state index contributed by atoms with van der Waals surface area (Å²) in [5.74, 6) is 0. The Hall–Kier alpha value is 0.520. The highest BCUT2D eigenvalue weighted by Gasteiger charge is 2.17. The summed E-state index contributed by atoms with van der Waals surface area (Å²) in [6, 6.07) is 0. The van der Waals surface area contributed by atoms with Gasteiger partial charge in [-0.3, -0.25) is 0 Å². The lowest BCUT2D eigenvalue weighted by Gasteiger charge is -2.02. The average molecular weight is 379 g/mol. The summed E-state index contributed by atoms with van der Waals surface area (Å²) in [6.45, 7) is 0. The fourth-order valence-corrected chi connectivity index (χ4v) is 2.64. The second-order valence-electron chi connectivity index (χ2n) is 2.51. The Balaban J connectivity index is 3.01. The summed E-state index contributed by atoms with van der Waals surface area (Å²) in [5.41, 5.74) is 1.21. The van der Waals surface area contributed by atoms with Gasteiger partial charge < -0.3 is 4.98 Å². The van der Waals surface area contributed by atoms with E-state index < -0.39 is 0 Å². The number of halogens is 5. The monoisotopic (exact) mass is 376 g/mol. The first-order chi connectivity index (χ1) is 6.52. The average Bonchev–Trinajstić information content (AvgIpc) is 2.54. The van der Waals surface area contributed by atoms with Gasteiger partial charge in [0.15, 0.2) is 4.73 Å². The molecule has 0 saturated carbocycles. The van der Waals surface area contributed by atoms with Crippen LogP contribution < -0.4 is 0 Å². The summed E-state index contributed by atoms with van der Waals surface area (Å²) in [7, 11) is 0. The van der Waals surface area contributed by atoms with Crippen molar-refractivity contribution in [2.24, 2.45) is 0 Å². The van der Waals surface area contributed by atoms with E-state index in [0.717, 1.165) is 0 Å². The van der Waals surface area contributed by atoms with Gasteiger partial charge in [-0.05, 0) is 31.9 Å². The smallest absolute Gasteiger partial charge is 0.175 e. The molecule has 2 aromatic rings. The van der Waals surface area contributed by atoms with E-state index >= 15 is 0 Å². The Kier molecular flexibility index (Phi) is 3.02. The third-order valence-corrected chi connectivity index (χ3v) is 4.53. The molecule has 0 amide bonds. The summed E-state index contributed by atoms with van der Waals surface area (Å²) in [4.78, 5) is 7.05. The van der Waals surface area contributed by atoms with Gasteiger partial charge >= 0.3 is 0 Å². The first-order valence-electron chi connectivity index (χ1n) is 3.39. The van der Waals surface area contributed by atoms with Crippen LogP contribution >= 0.6 is 66.7 Å². The minimum atomic E-state index is 0.375. The van der Waals surface area contributed by atoms with E-state index in [-0.39, 0.29) is 0 Å². The predicted molar refractivity (Wildman–Crippen MR) is 66.5 cm³/mol. The summed E-state index contributed by atoms with van der Waals surface area (Å²) in [5, 5.41) is 1.22. The molecule has 1 heterocycles. The van der Waals surface area contributed by atoms with Crippen LogP contribution in [0, 0.1) is 0 Å². The molecule has 0 radical (unpaired) electrons. The molecule has 0 bridgehead atoms. The lowest BCUT2D eigenvalue weighted by molar-refractivity contribution is 1.27. The zero-order chi connectivity index (χ0) is 10.5. The number of imidazole rings is 1. The fraction of sp³-hybridized carbons (Fsp3) is 0. The fourth-order valence-electron chi connectivity index (χ4n) is 1.07. The molecule has 0 atom stereocenters. The molecule has 0 fully saturated rings. The zero-order valence-electron chi connectivity index (χ0n) is 6.34. The predicted octanol–water partition coefficient (Wildman–Crippen LogP) is 5.05. The van der Waals surface area contributed by atoms with Crippen LogP contribution in [0.1, 0.15) is 0 Å².